The largest absolute Gasteiger partial charge is 0.463 e. The van der Waals surface area contributed by atoms with Gasteiger partial charge in [0.25, 0.3) is 5.91 Å². The lowest BCUT2D eigenvalue weighted by Gasteiger charge is -2.07. The van der Waals surface area contributed by atoms with Crippen LogP contribution in [0.25, 0.3) is 17.1 Å². The second kappa shape index (κ2) is 6.62. The number of furan rings is 1. The van der Waals surface area contributed by atoms with E-state index in [0.29, 0.717) is 35.9 Å². The lowest BCUT2D eigenvalue weighted by Crippen LogP contribution is -2.28. The van der Waals surface area contributed by atoms with Crippen LogP contribution in [0.3, 0.4) is 0 Å². The van der Waals surface area contributed by atoms with E-state index in [1.54, 1.807) is 24.0 Å². The predicted molar refractivity (Wildman–Crippen MR) is 84.3 cm³/mol. The smallest absolute Gasteiger partial charge is 0.270 e. The van der Waals surface area contributed by atoms with Crippen LogP contribution in [0.5, 0.6) is 0 Å². The van der Waals surface area contributed by atoms with Crippen LogP contribution in [0, 0.1) is 0 Å². The number of aromatic nitrogens is 3. The lowest BCUT2D eigenvalue weighted by atomic mass is 10.2. The number of carbonyl (C=O) groups excluding carboxylic acids is 1. The normalized spacial score (nSPS) is 11.0. The number of ether oxygens (including phenoxy) is 1. The summed E-state index contributed by atoms with van der Waals surface area (Å²) >= 11 is 0. The zero-order chi connectivity index (χ0) is 16.2. The summed E-state index contributed by atoms with van der Waals surface area (Å²) in [6.45, 7) is 2.92. The first kappa shape index (κ1) is 15.2. The highest BCUT2D eigenvalue weighted by Crippen LogP contribution is 2.20. The van der Waals surface area contributed by atoms with Crippen molar-refractivity contribution in [1.29, 1.82) is 0 Å². The highest BCUT2D eigenvalue weighted by Gasteiger charge is 2.15. The van der Waals surface area contributed by atoms with Gasteiger partial charge < -0.3 is 14.5 Å². The summed E-state index contributed by atoms with van der Waals surface area (Å²) in [5, 5.41) is 7.29. The van der Waals surface area contributed by atoms with Crippen LogP contribution in [0.4, 0.5) is 0 Å². The number of carbonyl (C=O) groups is 1. The van der Waals surface area contributed by atoms with E-state index < -0.39 is 0 Å². The summed E-state index contributed by atoms with van der Waals surface area (Å²) in [4.78, 5) is 16.6. The van der Waals surface area contributed by atoms with Crippen LogP contribution in [0.15, 0.2) is 34.9 Å². The molecule has 1 amide bonds. The number of amides is 1. The molecule has 3 aromatic rings. The third-order valence-electron chi connectivity index (χ3n) is 3.46. The first-order valence-electron chi connectivity index (χ1n) is 7.43. The van der Waals surface area contributed by atoms with Gasteiger partial charge in [-0.05, 0) is 24.6 Å². The zero-order valence-electron chi connectivity index (χ0n) is 13.1. The number of nitrogens with one attached hydrogen (secondary N) is 1. The van der Waals surface area contributed by atoms with Gasteiger partial charge in [0.2, 0.25) is 0 Å². The van der Waals surface area contributed by atoms with Gasteiger partial charge in [-0.15, -0.1) is 0 Å². The van der Waals surface area contributed by atoms with E-state index in [0.717, 1.165) is 12.1 Å². The maximum absolute atomic E-state index is 12.2. The van der Waals surface area contributed by atoms with Crippen molar-refractivity contribution in [3.05, 3.63) is 41.9 Å². The molecule has 120 valence electrons. The quantitative estimate of drug-likeness (QED) is 0.703. The molecule has 7 nitrogen and oxygen atoms in total. The molecule has 0 spiro atoms. The Morgan fingerprint density at radius 2 is 2.30 bits per heavy atom. The third kappa shape index (κ3) is 3.09. The van der Waals surface area contributed by atoms with Crippen molar-refractivity contribution >= 4 is 11.6 Å². The molecule has 7 heteroatoms. The maximum atomic E-state index is 12.2. The molecule has 0 fully saturated rings. The molecule has 0 saturated carbocycles. The van der Waals surface area contributed by atoms with Crippen LogP contribution >= 0.6 is 0 Å². The van der Waals surface area contributed by atoms with Crippen LogP contribution < -0.4 is 5.32 Å². The maximum Gasteiger partial charge on any atom is 0.270 e. The Bertz CT molecular complexity index is 808. The van der Waals surface area contributed by atoms with E-state index >= 15 is 0 Å². The number of hydrogen-bond donors (Lipinski definition) is 1. The van der Waals surface area contributed by atoms with Crippen LogP contribution in [0.1, 0.15) is 23.1 Å². The number of hydrogen-bond acceptors (Lipinski definition) is 5. The molecule has 0 aromatic carbocycles. The summed E-state index contributed by atoms with van der Waals surface area (Å²) in [7, 11) is 1.59. The Morgan fingerprint density at radius 3 is 3.00 bits per heavy atom. The van der Waals surface area contributed by atoms with Crippen LogP contribution in [0.2, 0.25) is 0 Å². The van der Waals surface area contributed by atoms with Gasteiger partial charge in [-0.2, -0.15) is 5.10 Å². The fourth-order valence-electron chi connectivity index (χ4n) is 2.31. The number of methoxy groups -OCH3 is 1. The molecule has 0 atom stereocenters. The van der Waals surface area contributed by atoms with Crippen molar-refractivity contribution in [2.75, 3.05) is 20.3 Å². The molecule has 0 aliphatic rings. The molecular formula is C16H18N4O3. The molecule has 3 rings (SSSR count). The highest BCUT2D eigenvalue weighted by molar-refractivity contribution is 5.92. The van der Waals surface area contributed by atoms with Crippen molar-refractivity contribution in [2.45, 2.75) is 13.3 Å². The van der Waals surface area contributed by atoms with Crippen molar-refractivity contribution in [1.82, 2.24) is 19.9 Å². The third-order valence-corrected chi connectivity index (χ3v) is 3.46. The highest BCUT2D eigenvalue weighted by atomic mass is 16.5. The second-order valence-electron chi connectivity index (χ2n) is 5.01. The first-order chi connectivity index (χ1) is 11.2. The van der Waals surface area contributed by atoms with Gasteiger partial charge in [-0.3, -0.25) is 4.79 Å². The Kier molecular flexibility index (Phi) is 4.38. The molecule has 3 aromatic heterocycles. The molecule has 3 heterocycles. The van der Waals surface area contributed by atoms with Gasteiger partial charge in [-0.1, -0.05) is 6.92 Å². The van der Waals surface area contributed by atoms with Crippen LogP contribution in [-0.2, 0) is 11.2 Å². The van der Waals surface area contributed by atoms with Gasteiger partial charge in [0, 0.05) is 25.4 Å². The minimum absolute atomic E-state index is 0.222. The van der Waals surface area contributed by atoms with Crippen LogP contribution in [-0.4, -0.2) is 40.8 Å². The van der Waals surface area contributed by atoms with E-state index in [2.05, 4.69) is 15.4 Å². The Labute approximate surface area is 133 Å². The molecule has 0 unspecified atom stereocenters. The van der Waals surface area contributed by atoms with E-state index in [9.17, 15) is 4.79 Å². The van der Waals surface area contributed by atoms with E-state index in [1.807, 2.05) is 25.1 Å². The molecule has 0 radical (unpaired) electrons. The van der Waals surface area contributed by atoms with Crippen molar-refractivity contribution in [2.24, 2.45) is 0 Å². The van der Waals surface area contributed by atoms with E-state index in [-0.39, 0.29) is 5.91 Å². The average Bonchev–Trinajstić information content (AvgIpc) is 3.22. The summed E-state index contributed by atoms with van der Waals surface area (Å²) in [5.41, 5.74) is 2.59. The summed E-state index contributed by atoms with van der Waals surface area (Å²) in [5.74, 6) is 0.448. The number of nitrogens with zero attached hydrogens (tertiary/aromatic N) is 3. The van der Waals surface area contributed by atoms with E-state index in [1.165, 1.54) is 0 Å². The Hall–Kier alpha value is -2.67. The first-order valence-corrected chi connectivity index (χ1v) is 7.43. The van der Waals surface area contributed by atoms with Gasteiger partial charge in [0.15, 0.2) is 11.4 Å². The monoisotopic (exact) mass is 314 g/mol. The molecule has 0 aliphatic carbocycles. The fraction of sp³-hybridized carbons (Fsp3) is 0.312. The molecule has 0 bridgehead atoms. The molecule has 1 N–H and O–H groups in total. The minimum atomic E-state index is -0.222. The second-order valence-corrected chi connectivity index (χ2v) is 5.01. The Balaban J connectivity index is 1.97. The Morgan fingerprint density at radius 1 is 1.43 bits per heavy atom. The zero-order valence-corrected chi connectivity index (χ0v) is 13.1. The van der Waals surface area contributed by atoms with Gasteiger partial charge in [-0.25, -0.2) is 9.50 Å². The standard InChI is InChI=1S/C16H18N4O3/c1-3-11-9-13(16(21)17-6-8-22-2)18-15-10-12(19-20(11)15)14-5-4-7-23-14/h4-5,7,9-10H,3,6,8H2,1-2H3,(H,17,21). The minimum Gasteiger partial charge on any atom is -0.463 e. The lowest BCUT2D eigenvalue weighted by molar-refractivity contribution is 0.0932. The predicted octanol–water partition coefficient (Wildman–Crippen LogP) is 1.93. The topological polar surface area (TPSA) is 81.7 Å². The van der Waals surface area contributed by atoms with Gasteiger partial charge >= 0.3 is 0 Å². The van der Waals surface area contributed by atoms with Gasteiger partial charge in [0.05, 0.1) is 12.9 Å². The summed E-state index contributed by atoms with van der Waals surface area (Å²) in [6, 6.07) is 7.21. The fourth-order valence-corrected chi connectivity index (χ4v) is 2.31. The molecular weight excluding hydrogens is 296 g/mol. The van der Waals surface area contributed by atoms with E-state index in [4.69, 9.17) is 9.15 Å². The number of rotatable bonds is 6. The van der Waals surface area contributed by atoms with Crippen molar-refractivity contribution < 1.29 is 13.9 Å². The van der Waals surface area contributed by atoms with Crippen molar-refractivity contribution in [3.63, 3.8) is 0 Å². The molecule has 0 aliphatic heterocycles. The summed E-state index contributed by atoms with van der Waals surface area (Å²) in [6.07, 6.45) is 2.33. The SMILES string of the molecule is CCc1cc(C(=O)NCCOC)nc2cc(-c3ccco3)nn12. The molecule has 23 heavy (non-hydrogen) atoms. The molecule has 0 saturated heterocycles. The summed E-state index contributed by atoms with van der Waals surface area (Å²) < 4.78 is 12.0. The average molecular weight is 314 g/mol. The van der Waals surface area contributed by atoms with Crippen molar-refractivity contribution in [3.8, 4) is 11.5 Å². The number of fused-ring (bicyclic) bond motifs is 1. The van der Waals surface area contributed by atoms with Gasteiger partial charge in [0.1, 0.15) is 11.4 Å². The number of aryl methyl sites for hydroxylation is 1.